The predicted molar refractivity (Wildman–Crippen MR) is 68.5 cm³/mol. The van der Waals surface area contributed by atoms with E-state index in [2.05, 4.69) is 6.92 Å². The number of aliphatic hydroxyl groups is 2. The van der Waals surface area contributed by atoms with Crippen LogP contribution in [0.1, 0.15) is 44.3 Å². The lowest BCUT2D eigenvalue weighted by Crippen LogP contribution is -2.32. The first-order chi connectivity index (χ1) is 8.20. The molecule has 94 valence electrons. The predicted octanol–water partition coefficient (Wildman–Crippen LogP) is 2.91. The van der Waals surface area contributed by atoms with E-state index in [-0.39, 0.29) is 17.9 Å². The van der Waals surface area contributed by atoms with Crippen molar-refractivity contribution in [2.75, 3.05) is 0 Å². The van der Waals surface area contributed by atoms with Crippen molar-refractivity contribution in [2.24, 2.45) is 11.8 Å². The summed E-state index contributed by atoms with van der Waals surface area (Å²) in [6.07, 6.45) is 3.51. The molecule has 2 nitrogen and oxygen atoms in total. The summed E-state index contributed by atoms with van der Waals surface area (Å²) in [5.74, 6) is 0.353. The van der Waals surface area contributed by atoms with Crippen molar-refractivity contribution in [3.8, 4) is 0 Å². The van der Waals surface area contributed by atoms with E-state index in [0.29, 0.717) is 0 Å². The van der Waals surface area contributed by atoms with Crippen molar-refractivity contribution in [1.82, 2.24) is 0 Å². The molecule has 17 heavy (non-hydrogen) atoms. The Morgan fingerprint density at radius 2 is 1.76 bits per heavy atom. The lowest BCUT2D eigenvalue weighted by atomic mass is 9.75. The quantitative estimate of drug-likeness (QED) is 0.844. The third-order valence-electron chi connectivity index (χ3n) is 4.10. The highest BCUT2D eigenvalue weighted by atomic mass is 16.3. The first-order valence-electron chi connectivity index (χ1n) is 6.61. The Kier molecular flexibility index (Phi) is 4.19. The smallest absolute Gasteiger partial charge is 0.0819 e. The number of hydrogen-bond acceptors (Lipinski definition) is 2. The van der Waals surface area contributed by atoms with Gasteiger partial charge < -0.3 is 10.2 Å². The van der Waals surface area contributed by atoms with E-state index in [1.54, 1.807) is 0 Å². The van der Waals surface area contributed by atoms with Crippen LogP contribution >= 0.6 is 0 Å². The summed E-state index contributed by atoms with van der Waals surface area (Å²) < 4.78 is 0. The highest BCUT2D eigenvalue weighted by Crippen LogP contribution is 2.36. The van der Waals surface area contributed by atoms with Crippen LogP contribution in [-0.4, -0.2) is 16.3 Å². The Morgan fingerprint density at radius 1 is 1.12 bits per heavy atom. The Balaban J connectivity index is 2.06. The lowest BCUT2D eigenvalue weighted by Gasteiger charge is -2.35. The van der Waals surface area contributed by atoms with Crippen molar-refractivity contribution in [1.29, 1.82) is 0 Å². The van der Waals surface area contributed by atoms with Gasteiger partial charge in [-0.1, -0.05) is 50.1 Å². The normalized spacial score (nSPS) is 28.6. The molecule has 0 spiro atoms. The van der Waals surface area contributed by atoms with Gasteiger partial charge in [0, 0.05) is 0 Å². The Hall–Kier alpha value is -0.860. The molecule has 0 heterocycles. The molecule has 1 fully saturated rings. The van der Waals surface area contributed by atoms with Crippen molar-refractivity contribution in [3.63, 3.8) is 0 Å². The second-order valence-electron chi connectivity index (χ2n) is 5.23. The van der Waals surface area contributed by atoms with Crippen LogP contribution in [0.2, 0.25) is 0 Å². The zero-order valence-corrected chi connectivity index (χ0v) is 10.4. The number of benzene rings is 1. The van der Waals surface area contributed by atoms with E-state index < -0.39 is 6.10 Å². The molecular weight excluding hydrogens is 212 g/mol. The SMILES string of the molecule is CC(C(O)c1ccccc1)C1CCCCC1O. The summed E-state index contributed by atoms with van der Waals surface area (Å²) in [5, 5.41) is 20.4. The van der Waals surface area contributed by atoms with Crippen LogP contribution in [0, 0.1) is 11.8 Å². The number of hydrogen-bond donors (Lipinski definition) is 2. The molecular formula is C15H22O2. The molecule has 0 radical (unpaired) electrons. The molecule has 2 rings (SSSR count). The van der Waals surface area contributed by atoms with Crippen molar-refractivity contribution >= 4 is 0 Å². The molecule has 4 atom stereocenters. The van der Waals surface area contributed by atoms with Crippen LogP contribution in [0.25, 0.3) is 0 Å². The third kappa shape index (κ3) is 2.88. The highest BCUT2D eigenvalue weighted by molar-refractivity contribution is 5.18. The second-order valence-corrected chi connectivity index (χ2v) is 5.23. The molecule has 0 amide bonds. The van der Waals surface area contributed by atoms with E-state index in [4.69, 9.17) is 0 Å². The Bertz CT molecular complexity index is 336. The van der Waals surface area contributed by atoms with E-state index in [9.17, 15) is 10.2 Å². The van der Waals surface area contributed by atoms with Gasteiger partial charge in [-0.25, -0.2) is 0 Å². The minimum Gasteiger partial charge on any atom is -0.393 e. The molecule has 1 aromatic rings. The molecule has 1 aliphatic carbocycles. The minimum absolute atomic E-state index is 0.118. The topological polar surface area (TPSA) is 40.5 Å². The van der Waals surface area contributed by atoms with Crippen LogP contribution in [0.4, 0.5) is 0 Å². The summed E-state index contributed by atoms with van der Waals surface area (Å²) in [6.45, 7) is 2.05. The van der Waals surface area contributed by atoms with Crippen LogP contribution in [0.5, 0.6) is 0 Å². The zero-order chi connectivity index (χ0) is 12.3. The van der Waals surface area contributed by atoms with E-state index in [1.165, 1.54) is 6.42 Å². The van der Waals surface area contributed by atoms with Gasteiger partial charge in [-0.3, -0.25) is 0 Å². The molecule has 1 saturated carbocycles. The van der Waals surface area contributed by atoms with Gasteiger partial charge in [-0.15, -0.1) is 0 Å². The molecule has 1 aliphatic rings. The number of rotatable bonds is 3. The van der Waals surface area contributed by atoms with Crippen LogP contribution in [0.3, 0.4) is 0 Å². The molecule has 0 aliphatic heterocycles. The summed E-state index contributed by atoms with van der Waals surface area (Å²) in [7, 11) is 0. The van der Waals surface area contributed by atoms with Crippen molar-refractivity contribution in [3.05, 3.63) is 35.9 Å². The van der Waals surface area contributed by atoms with Gasteiger partial charge in [0.2, 0.25) is 0 Å². The molecule has 1 aromatic carbocycles. The maximum Gasteiger partial charge on any atom is 0.0819 e. The number of aliphatic hydroxyl groups excluding tert-OH is 2. The molecule has 2 N–H and O–H groups in total. The van der Waals surface area contributed by atoms with Gasteiger partial charge in [-0.2, -0.15) is 0 Å². The van der Waals surface area contributed by atoms with Gasteiger partial charge in [0.1, 0.15) is 0 Å². The van der Waals surface area contributed by atoms with Gasteiger partial charge in [0.25, 0.3) is 0 Å². The standard InChI is InChI=1S/C15H22O2/c1-11(13-9-5-6-10-14(13)16)15(17)12-7-3-2-4-8-12/h2-4,7-8,11,13-17H,5-6,9-10H2,1H3. The van der Waals surface area contributed by atoms with Gasteiger partial charge in [0.15, 0.2) is 0 Å². The average Bonchev–Trinajstić information content (AvgIpc) is 2.39. The summed E-state index contributed by atoms with van der Waals surface area (Å²) in [5.41, 5.74) is 0.956. The summed E-state index contributed by atoms with van der Waals surface area (Å²) >= 11 is 0. The molecule has 4 unspecified atom stereocenters. The minimum atomic E-state index is -0.464. The van der Waals surface area contributed by atoms with Gasteiger partial charge >= 0.3 is 0 Å². The van der Waals surface area contributed by atoms with Crippen LogP contribution < -0.4 is 0 Å². The first-order valence-corrected chi connectivity index (χ1v) is 6.61. The van der Waals surface area contributed by atoms with Gasteiger partial charge in [0.05, 0.1) is 12.2 Å². The van der Waals surface area contributed by atoms with Crippen LogP contribution in [-0.2, 0) is 0 Å². The molecule has 0 saturated heterocycles. The maximum absolute atomic E-state index is 10.3. The maximum atomic E-state index is 10.3. The largest absolute Gasteiger partial charge is 0.393 e. The highest BCUT2D eigenvalue weighted by Gasteiger charge is 2.32. The van der Waals surface area contributed by atoms with Crippen molar-refractivity contribution < 1.29 is 10.2 Å². The van der Waals surface area contributed by atoms with E-state index in [1.807, 2.05) is 30.3 Å². The molecule has 0 bridgehead atoms. The van der Waals surface area contributed by atoms with Crippen molar-refractivity contribution in [2.45, 2.75) is 44.8 Å². The third-order valence-corrected chi connectivity index (χ3v) is 4.10. The summed E-state index contributed by atoms with van der Waals surface area (Å²) in [4.78, 5) is 0. The van der Waals surface area contributed by atoms with Crippen LogP contribution in [0.15, 0.2) is 30.3 Å². The van der Waals surface area contributed by atoms with E-state index >= 15 is 0 Å². The fraction of sp³-hybridized carbons (Fsp3) is 0.600. The first kappa shape index (κ1) is 12.6. The monoisotopic (exact) mass is 234 g/mol. The second kappa shape index (κ2) is 5.65. The fourth-order valence-corrected chi connectivity index (χ4v) is 2.94. The fourth-order valence-electron chi connectivity index (χ4n) is 2.94. The Labute approximate surface area is 103 Å². The lowest BCUT2D eigenvalue weighted by molar-refractivity contribution is -0.00847. The zero-order valence-electron chi connectivity index (χ0n) is 10.4. The molecule has 2 heteroatoms. The Morgan fingerprint density at radius 3 is 2.41 bits per heavy atom. The van der Waals surface area contributed by atoms with Gasteiger partial charge in [-0.05, 0) is 30.2 Å². The average molecular weight is 234 g/mol. The molecule has 0 aromatic heterocycles. The summed E-state index contributed by atoms with van der Waals surface area (Å²) in [6, 6.07) is 9.76. The van der Waals surface area contributed by atoms with E-state index in [0.717, 1.165) is 24.8 Å².